The molecule has 0 N–H and O–H groups in total. The predicted molar refractivity (Wildman–Crippen MR) is 169 cm³/mol. The van der Waals surface area contributed by atoms with E-state index in [1.807, 2.05) is 11.8 Å². The Bertz CT molecular complexity index is 1620. The summed E-state index contributed by atoms with van der Waals surface area (Å²) in [4.78, 5) is 2.49. The molecule has 6 aromatic rings. The Morgan fingerprint density at radius 1 is 0.500 bits per heavy atom. The lowest BCUT2D eigenvalue weighted by molar-refractivity contribution is 1.47. The van der Waals surface area contributed by atoms with Crippen LogP contribution < -0.4 is 15.9 Å². The topological polar surface area (TPSA) is 0 Å². The third-order valence-electron chi connectivity index (χ3n) is 6.49. The van der Waals surface area contributed by atoms with E-state index in [2.05, 4.69) is 164 Å². The van der Waals surface area contributed by atoms with Gasteiger partial charge in [0.15, 0.2) is 0 Å². The Labute approximate surface area is 230 Å². The third-order valence-corrected chi connectivity index (χ3v) is 10.0. The van der Waals surface area contributed by atoms with Crippen LogP contribution in [0.15, 0.2) is 163 Å². The van der Waals surface area contributed by atoms with Gasteiger partial charge < -0.3 is 0 Å². The summed E-state index contributed by atoms with van der Waals surface area (Å²) in [5, 5.41) is 6.63. The lowest BCUT2D eigenvalue weighted by atomic mass is 10.0. The summed E-state index contributed by atoms with van der Waals surface area (Å²) < 4.78 is 0. The zero-order valence-corrected chi connectivity index (χ0v) is 22.7. The maximum absolute atomic E-state index is 2.37. The first-order chi connectivity index (χ1) is 18.9. The van der Waals surface area contributed by atoms with Gasteiger partial charge in [-0.2, -0.15) is 0 Å². The molecule has 0 unspecified atom stereocenters. The minimum absolute atomic E-state index is 0.776. The van der Waals surface area contributed by atoms with E-state index in [4.69, 9.17) is 0 Å². The second-order valence-electron chi connectivity index (χ2n) is 9.02. The monoisotopic (exact) mass is 522 g/mol. The third kappa shape index (κ3) is 5.36. The minimum atomic E-state index is -0.776. The van der Waals surface area contributed by atoms with E-state index >= 15 is 0 Å². The van der Waals surface area contributed by atoms with E-state index in [0.717, 1.165) is 0 Å². The summed E-state index contributed by atoms with van der Waals surface area (Å²) in [6, 6.07) is 56.8. The summed E-state index contributed by atoms with van der Waals surface area (Å²) >= 11 is 1.84. The summed E-state index contributed by atoms with van der Waals surface area (Å²) in [7, 11) is -0.776. The van der Waals surface area contributed by atoms with Crippen molar-refractivity contribution < 1.29 is 0 Å². The molecule has 0 atom stereocenters. The Morgan fingerprint density at radius 2 is 1.03 bits per heavy atom. The normalized spacial score (nSPS) is 11.7. The first-order valence-corrected chi connectivity index (χ1v) is 14.9. The van der Waals surface area contributed by atoms with Gasteiger partial charge >= 0.3 is 0 Å². The molecule has 0 saturated carbocycles. The van der Waals surface area contributed by atoms with Gasteiger partial charge in [0.25, 0.3) is 0 Å². The van der Waals surface area contributed by atoms with Crippen molar-refractivity contribution in [2.75, 3.05) is 0 Å². The van der Waals surface area contributed by atoms with E-state index < -0.39 is 7.92 Å². The zero-order chi connectivity index (χ0) is 25.6. The molecule has 6 aromatic carbocycles. The molecule has 0 bridgehead atoms. The highest BCUT2D eigenvalue weighted by Gasteiger charge is 2.23. The van der Waals surface area contributed by atoms with Gasteiger partial charge in [0.1, 0.15) is 0 Å². The van der Waals surface area contributed by atoms with Crippen LogP contribution in [0.1, 0.15) is 11.1 Å². The summed E-state index contributed by atoms with van der Waals surface area (Å²) in [5.41, 5.74) is 2.52. The molecule has 2 heteroatoms. The summed E-state index contributed by atoms with van der Waals surface area (Å²) in [6.45, 7) is 0. The van der Waals surface area contributed by atoms with Crippen LogP contribution in [0.25, 0.3) is 21.8 Å². The van der Waals surface area contributed by atoms with Gasteiger partial charge in [0, 0.05) is 15.4 Å². The van der Waals surface area contributed by atoms with Crippen LogP contribution >= 0.6 is 19.7 Å². The maximum atomic E-state index is 2.37. The molecule has 38 heavy (non-hydrogen) atoms. The van der Waals surface area contributed by atoms with Gasteiger partial charge in [0.2, 0.25) is 0 Å². The van der Waals surface area contributed by atoms with Crippen LogP contribution in [0, 0.1) is 0 Å². The SMILES string of the molecule is C(=C(\Sc1ccccc1)c1c(P(c2ccccc2)c2ccccc2)ccc2ccccc12)/c1ccccc1. The zero-order valence-electron chi connectivity index (χ0n) is 20.9. The summed E-state index contributed by atoms with van der Waals surface area (Å²) in [6.07, 6.45) is 2.35. The predicted octanol–water partition coefficient (Wildman–Crippen LogP) is 8.89. The molecule has 0 amide bonds. The number of benzene rings is 6. The molecular formula is C36H27PS. The van der Waals surface area contributed by atoms with E-state index in [9.17, 15) is 0 Å². The molecule has 0 radical (unpaired) electrons. The van der Waals surface area contributed by atoms with Gasteiger partial charge in [-0.3, -0.25) is 0 Å². The summed E-state index contributed by atoms with van der Waals surface area (Å²) in [5.74, 6) is 0. The number of thioether (sulfide) groups is 1. The average molecular weight is 523 g/mol. The Kier molecular flexibility index (Phi) is 7.49. The van der Waals surface area contributed by atoms with Gasteiger partial charge in [0.05, 0.1) is 0 Å². The highest BCUT2D eigenvalue weighted by molar-refractivity contribution is 8.08. The highest BCUT2D eigenvalue weighted by Crippen LogP contribution is 2.44. The lowest BCUT2D eigenvalue weighted by Crippen LogP contribution is -2.23. The molecule has 0 nitrogen and oxygen atoms in total. The second-order valence-corrected chi connectivity index (χ2v) is 12.3. The fraction of sp³-hybridized carbons (Fsp3) is 0. The van der Waals surface area contributed by atoms with Crippen LogP contribution in [-0.4, -0.2) is 0 Å². The van der Waals surface area contributed by atoms with Crippen molar-refractivity contribution in [2.45, 2.75) is 4.90 Å². The van der Waals surface area contributed by atoms with Crippen LogP contribution in [0.5, 0.6) is 0 Å². The Hall–Kier alpha value is -3.90. The van der Waals surface area contributed by atoms with Gasteiger partial charge in [-0.1, -0.05) is 157 Å². The molecule has 0 aromatic heterocycles. The molecule has 0 aliphatic heterocycles. The minimum Gasteiger partial charge on any atom is -0.0894 e. The fourth-order valence-electron chi connectivity index (χ4n) is 4.76. The lowest BCUT2D eigenvalue weighted by Gasteiger charge is -2.25. The Morgan fingerprint density at radius 3 is 1.66 bits per heavy atom. The average Bonchev–Trinajstić information content (AvgIpc) is 2.99. The standard InChI is InChI=1S/C36H27PS/c1-5-15-28(16-6-1)27-35(38-32-22-11-4-12-23-32)36-33-24-14-13-17-29(33)25-26-34(36)37(30-18-7-2-8-19-30)31-20-9-3-10-21-31/h1-27H/b35-27+. The molecule has 0 heterocycles. The largest absolute Gasteiger partial charge is 0.0894 e. The Balaban J connectivity index is 1.65. The van der Waals surface area contributed by atoms with Crippen molar-refractivity contribution in [3.8, 4) is 0 Å². The van der Waals surface area contributed by atoms with Crippen molar-refractivity contribution in [3.63, 3.8) is 0 Å². The van der Waals surface area contributed by atoms with Gasteiger partial charge in [-0.15, -0.1) is 0 Å². The first-order valence-electron chi connectivity index (χ1n) is 12.8. The van der Waals surface area contributed by atoms with Crippen LogP contribution in [0.2, 0.25) is 0 Å². The number of hydrogen-bond donors (Lipinski definition) is 0. The van der Waals surface area contributed by atoms with Crippen molar-refractivity contribution in [3.05, 3.63) is 169 Å². The number of fused-ring (bicyclic) bond motifs is 1. The van der Waals surface area contributed by atoms with Gasteiger partial charge in [-0.25, -0.2) is 0 Å². The molecule has 0 fully saturated rings. The van der Waals surface area contributed by atoms with E-state index in [0.29, 0.717) is 0 Å². The molecule has 0 aliphatic rings. The molecule has 0 saturated heterocycles. The fourth-order valence-corrected chi connectivity index (χ4v) is 8.38. The highest BCUT2D eigenvalue weighted by atomic mass is 32.2. The van der Waals surface area contributed by atoms with E-state index in [1.54, 1.807) is 0 Å². The van der Waals surface area contributed by atoms with E-state index in [1.165, 1.54) is 47.6 Å². The van der Waals surface area contributed by atoms with E-state index in [-0.39, 0.29) is 0 Å². The quantitative estimate of drug-likeness (QED) is 0.115. The number of hydrogen-bond acceptors (Lipinski definition) is 1. The smallest absolute Gasteiger partial charge is 0.0213 e. The van der Waals surface area contributed by atoms with Crippen molar-refractivity contribution in [1.82, 2.24) is 0 Å². The van der Waals surface area contributed by atoms with Crippen molar-refractivity contribution >= 4 is 57.4 Å². The van der Waals surface area contributed by atoms with Crippen molar-refractivity contribution in [1.29, 1.82) is 0 Å². The van der Waals surface area contributed by atoms with Crippen LogP contribution in [-0.2, 0) is 0 Å². The maximum Gasteiger partial charge on any atom is 0.0213 e. The second kappa shape index (κ2) is 11.7. The first kappa shape index (κ1) is 24.4. The number of rotatable bonds is 7. The molecule has 0 spiro atoms. The molecule has 6 rings (SSSR count). The molecule has 182 valence electrons. The van der Waals surface area contributed by atoms with Crippen molar-refractivity contribution in [2.24, 2.45) is 0 Å². The van der Waals surface area contributed by atoms with Gasteiger partial charge in [-0.05, 0) is 58.4 Å². The molecular weight excluding hydrogens is 495 g/mol. The molecule has 0 aliphatic carbocycles. The van der Waals surface area contributed by atoms with Crippen LogP contribution in [0.4, 0.5) is 0 Å². The van der Waals surface area contributed by atoms with Crippen LogP contribution in [0.3, 0.4) is 0 Å².